The Kier molecular flexibility index (Phi) is 4.66. The second-order valence-corrected chi connectivity index (χ2v) is 4.71. The zero-order valence-corrected chi connectivity index (χ0v) is 11.1. The van der Waals surface area contributed by atoms with E-state index in [1.807, 2.05) is 12.1 Å². The van der Waals surface area contributed by atoms with Gasteiger partial charge in [0.2, 0.25) is 0 Å². The van der Waals surface area contributed by atoms with Crippen LogP contribution in [0.5, 0.6) is 11.5 Å². The Morgan fingerprint density at radius 2 is 2.22 bits per heavy atom. The van der Waals surface area contributed by atoms with E-state index in [4.69, 9.17) is 21.1 Å². The van der Waals surface area contributed by atoms with Crippen molar-refractivity contribution in [2.45, 2.75) is 25.4 Å². The first-order valence-corrected chi connectivity index (χ1v) is 6.41. The number of benzene rings is 1. The minimum atomic E-state index is -0.551. The minimum Gasteiger partial charge on any atom is -0.493 e. The fraction of sp³-hybridized carbons (Fsp3) is 0.538. The van der Waals surface area contributed by atoms with Gasteiger partial charge in [-0.1, -0.05) is 11.6 Å². The van der Waals surface area contributed by atoms with Crippen LogP contribution in [-0.4, -0.2) is 26.4 Å². The van der Waals surface area contributed by atoms with E-state index in [1.54, 1.807) is 7.11 Å². The third-order valence-corrected chi connectivity index (χ3v) is 3.07. The monoisotopic (exact) mass is 273 g/mol. The SMILES string of the molecule is COc1cc(CNC2CC2)cc(Cl)c1OCCF. The molecular formula is C13H17ClFNO2. The van der Waals surface area contributed by atoms with Crippen molar-refractivity contribution in [3.05, 3.63) is 22.7 Å². The van der Waals surface area contributed by atoms with E-state index in [1.165, 1.54) is 12.8 Å². The first-order valence-electron chi connectivity index (χ1n) is 6.03. The maximum absolute atomic E-state index is 12.1. The van der Waals surface area contributed by atoms with Crippen molar-refractivity contribution >= 4 is 11.6 Å². The molecule has 1 fully saturated rings. The van der Waals surface area contributed by atoms with Crippen LogP contribution in [-0.2, 0) is 6.54 Å². The van der Waals surface area contributed by atoms with Crippen LogP contribution in [0.15, 0.2) is 12.1 Å². The molecule has 1 aromatic carbocycles. The van der Waals surface area contributed by atoms with Gasteiger partial charge >= 0.3 is 0 Å². The molecule has 1 saturated carbocycles. The quantitative estimate of drug-likeness (QED) is 0.829. The highest BCUT2D eigenvalue weighted by atomic mass is 35.5. The highest BCUT2D eigenvalue weighted by Crippen LogP contribution is 2.36. The molecule has 0 saturated heterocycles. The Balaban J connectivity index is 2.09. The van der Waals surface area contributed by atoms with E-state index in [9.17, 15) is 4.39 Å². The van der Waals surface area contributed by atoms with Crippen molar-refractivity contribution < 1.29 is 13.9 Å². The molecule has 1 aliphatic rings. The summed E-state index contributed by atoms with van der Waals surface area (Å²) in [6.07, 6.45) is 2.48. The van der Waals surface area contributed by atoms with Crippen molar-refractivity contribution in [1.29, 1.82) is 0 Å². The van der Waals surface area contributed by atoms with Gasteiger partial charge in [0.1, 0.15) is 13.3 Å². The van der Waals surface area contributed by atoms with Crippen LogP contribution in [0.4, 0.5) is 4.39 Å². The third kappa shape index (κ3) is 3.50. The number of hydrogen-bond donors (Lipinski definition) is 1. The van der Waals surface area contributed by atoms with Crippen LogP contribution in [0.2, 0.25) is 5.02 Å². The fourth-order valence-corrected chi connectivity index (χ4v) is 1.99. The lowest BCUT2D eigenvalue weighted by molar-refractivity contribution is 0.260. The van der Waals surface area contributed by atoms with Crippen molar-refractivity contribution in [2.75, 3.05) is 20.4 Å². The maximum atomic E-state index is 12.1. The normalized spacial score (nSPS) is 14.6. The molecule has 0 aliphatic heterocycles. The molecule has 0 atom stereocenters. The number of methoxy groups -OCH3 is 1. The summed E-state index contributed by atoms with van der Waals surface area (Å²) in [4.78, 5) is 0. The highest BCUT2D eigenvalue weighted by Gasteiger charge is 2.20. The minimum absolute atomic E-state index is 0.0181. The molecule has 0 spiro atoms. The Labute approximate surface area is 111 Å². The molecule has 0 unspecified atom stereocenters. The standard InChI is InChI=1S/C13H17ClFNO2/c1-17-12-7-9(8-16-10-2-3-10)6-11(14)13(12)18-5-4-15/h6-7,10,16H,2-5,8H2,1H3. The molecular weight excluding hydrogens is 257 g/mol. The summed E-state index contributed by atoms with van der Waals surface area (Å²) >= 11 is 6.12. The molecule has 0 bridgehead atoms. The van der Waals surface area contributed by atoms with Gasteiger partial charge in [-0.3, -0.25) is 0 Å². The number of ether oxygens (including phenoxy) is 2. The third-order valence-electron chi connectivity index (χ3n) is 2.78. The van der Waals surface area contributed by atoms with Crippen molar-refractivity contribution in [2.24, 2.45) is 0 Å². The van der Waals surface area contributed by atoms with Gasteiger partial charge in [0.05, 0.1) is 12.1 Å². The van der Waals surface area contributed by atoms with Crippen LogP contribution in [0.1, 0.15) is 18.4 Å². The molecule has 100 valence electrons. The molecule has 1 N–H and O–H groups in total. The number of hydrogen-bond acceptors (Lipinski definition) is 3. The largest absolute Gasteiger partial charge is 0.493 e. The highest BCUT2D eigenvalue weighted by molar-refractivity contribution is 6.32. The van der Waals surface area contributed by atoms with E-state index in [-0.39, 0.29) is 6.61 Å². The Hall–Kier alpha value is -1.00. The summed E-state index contributed by atoms with van der Waals surface area (Å²) < 4.78 is 22.6. The van der Waals surface area contributed by atoms with Crippen molar-refractivity contribution in [3.8, 4) is 11.5 Å². The zero-order chi connectivity index (χ0) is 13.0. The van der Waals surface area contributed by atoms with Crippen LogP contribution in [0, 0.1) is 0 Å². The van der Waals surface area contributed by atoms with Gasteiger partial charge in [0.25, 0.3) is 0 Å². The predicted octanol–water partition coefficient (Wildman–Crippen LogP) is 2.95. The average molecular weight is 274 g/mol. The van der Waals surface area contributed by atoms with Gasteiger partial charge < -0.3 is 14.8 Å². The lowest BCUT2D eigenvalue weighted by Gasteiger charge is -2.13. The Morgan fingerprint density at radius 3 is 2.83 bits per heavy atom. The van der Waals surface area contributed by atoms with Gasteiger partial charge in [-0.2, -0.15) is 0 Å². The van der Waals surface area contributed by atoms with Gasteiger partial charge in [-0.25, -0.2) is 4.39 Å². The lowest BCUT2D eigenvalue weighted by Crippen LogP contribution is -2.15. The molecule has 18 heavy (non-hydrogen) atoms. The number of alkyl halides is 1. The second kappa shape index (κ2) is 6.25. The van der Waals surface area contributed by atoms with Gasteiger partial charge in [0.15, 0.2) is 11.5 Å². The maximum Gasteiger partial charge on any atom is 0.179 e. The molecule has 0 radical (unpaired) electrons. The molecule has 0 aromatic heterocycles. The summed E-state index contributed by atoms with van der Waals surface area (Å²) in [7, 11) is 1.55. The summed E-state index contributed by atoms with van der Waals surface area (Å²) in [5.41, 5.74) is 1.04. The smallest absolute Gasteiger partial charge is 0.179 e. The van der Waals surface area contributed by atoms with Gasteiger partial charge in [0, 0.05) is 12.6 Å². The van der Waals surface area contributed by atoms with E-state index in [0.717, 1.165) is 12.1 Å². The van der Waals surface area contributed by atoms with Crippen molar-refractivity contribution in [3.63, 3.8) is 0 Å². The van der Waals surface area contributed by atoms with E-state index >= 15 is 0 Å². The summed E-state index contributed by atoms with van der Waals surface area (Å²) in [5, 5.41) is 3.85. The van der Waals surface area contributed by atoms with Gasteiger partial charge in [-0.05, 0) is 30.5 Å². The van der Waals surface area contributed by atoms with Crippen LogP contribution in [0.25, 0.3) is 0 Å². The van der Waals surface area contributed by atoms with Crippen molar-refractivity contribution in [1.82, 2.24) is 5.32 Å². The predicted molar refractivity (Wildman–Crippen MR) is 69.3 cm³/mol. The molecule has 5 heteroatoms. The first-order chi connectivity index (χ1) is 8.74. The van der Waals surface area contributed by atoms with E-state index < -0.39 is 6.67 Å². The lowest BCUT2D eigenvalue weighted by atomic mass is 10.2. The average Bonchev–Trinajstić information content (AvgIpc) is 3.18. The number of nitrogens with one attached hydrogen (secondary N) is 1. The fourth-order valence-electron chi connectivity index (χ4n) is 1.71. The van der Waals surface area contributed by atoms with Crippen LogP contribution >= 0.6 is 11.6 Å². The topological polar surface area (TPSA) is 30.5 Å². The summed E-state index contributed by atoms with van der Waals surface area (Å²) in [6, 6.07) is 4.33. The second-order valence-electron chi connectivity index (χ2n) is 4.30. The molecule has 0 heterocycles. The van der Waals surface area contributed by atoms with Gasteiger partial charge in [-0.15, -0.1) is 0 Å². The molecule has 1 aliphatic carbocycles. The molecule has 2 rings (SSSR count). The zero-order valence-electron chi connectivity index (χ0n) is 10.3. The molecule has 3 nitrogen and oxygen atoms in total. The Morgan fingerprint density at radius 1 is 1.44 bits per heavy atom. The summed E-state index contributed by atoms with van der Waals surface area (Å²) in [6.45, 7) is 0.185. The molecule has 1 aromatic rings. The van der Waals surface area contributed by atoms with E-state index in [0.29, 0.717) is 22.6 Å². The first kappa shape index (κ1) is 13.4. The Bertz CT molecular complexity index is 410. The summed E-state index contributed by atoms with van der Waals surface area (Å²) in [5.74, 6) is 0.954. The van der Waals surface area contributed by atoms with Crippen LogP contribution in [0.3, 0.4) is 0 Å². The molecule has 0 amide bonds. The number of rotatable bonds is 7. The van der Waals surface area contributed by atoms with Crippen LogP contribution < -0.4 is 14.8 Å². The number of halogens is 2. The van der Waals surface area contributed by atoms with E-state index in [2.05, 4.69) is 5.32 Å².